The van der Waals surface area contributed by atoms with Crippen molar-refractivity contribution in [2.24, 2.45) is 0 Å². The number of aromatic nitrogens is 3. The van der Waals surface area contributed by atoms with Crippen LogP contribution in [0.4, 0.5) is 0 Å². The monoisotopic (exact) mass is 236 g/mol. The molecule has 2 heterocycles. The molecule has 0 atom stereocenters. The molecule has 0 aliphatic rings. The first-order chi connectivity index (χ1) is 7.77. The summed E-state index contributed by atoms with van der Waals surface area (Å²) >= 11 is 1.65. The normalized spacial score (nSPS) is 10.9. The van der Waals surface area contributed by atoms with Gasteiger partial charge in [-0.05, 0) is 13.8 Å². The third kappa shape index (κ3) is 2.68. The van der Waals surface area contributed by atoms with Crippen LogP contribution in [0.3, 0.4) is 0 Å². The molecule has 86 valence electrons. The predicted octanol–water partition coefficient (Wildman–Crippen LogP) is 1.82. The molecular weight excluding hydrogens is 220 g/mol. The summed E-state index contributed by atoms with van der Waals surface area (Å²) in [5.41, 5.74) is 6.55. The average molecular weight is 236 g/mol. The number of thiazole rings is 1. The van der Waals surface area contributed by atoms with Crippen LogP contribution in [0.1, 0.15) is 22.6 Å². The highest BCUT2D eigenvalue weighted by atomic mass is 32.1. The van der Waals surface area contributed by atoms with Gasteiger partial charge in [-0.15, -0.1) is 11.3 Å². The predicted molar refractivity (Wildman–Crippen MR) is 65.6 cm³/mol. The van der Waals surface area contributed by atoms with Crippen molar-refractivity contribution in [3.05, 3.63) is 33.5 Å². The van der Waals surface area contributed by atoms with E-state index in [1.165, 1.54) is 5.56 Å². The molecule has 2 aromatic heterocycles. The maximum absolute atomic E-state index is 4.25. The zero-order chi connectivity index (χ0) is 11.4. The minimum Gasteiger partial charge on any atom is -0.312 e. The van der Waals surface area contributed by atoms with E-state index >= 15 is 0 Å². The molecule has 0 aromatic carbocycles. The van der Waals surface area contributed by atoms with Gasteiger partial charge in [-0.25, -0.2) is 4.98 Å². The van der Waals surface area contributed by atoms with Crippen LogP contribution in [0.25, 0.3) is 0 Å². The molecule has 0 aliphatic heterocycles. The van der Waals surface area contributed by atoms with Crippen LogP contribution < -0.4 is 5.32 Å². The quantitative estimate of drug-likeness (QED) is 0.779. The largest absolute Gasteiger partial charge is 0.312 e. The number of nitrogens with zero attached hydrogens (tertiary/aromatic N) is 2. The lowest BCUT2D eigenvalue weighted by molar-refractivity contribution is 0.677. The fourth-order valence-corrected chi connectivity index (χ4v) is 2.22. The summed E-state index contributed by atoms with van der Waals surface area (Å²) in [5.74, 6) is 0. The summed E-state index contributed by atoms with van der Waals surface area (Å²) in [6.45, 7) is 5.91. The second-order valence-electron chi connectivity index (χ2n) is 3.82. The minimum absolute atomic E-state index is 0.873. The zero-order valence-electron chi connectivity index (χ0n) is 9.58. The lowest BCUT2D eigenvalue weighted by Crippen LogP contribution is -2.17. The summed E-state index contributed by atoms with van der Waals surface area (Å²) in [6, 6.07) is 0. The van der Waals surface area contributed by atoms with E-state index in [9.17, 15) is 0 Å². The summed E-state index contributed by atoms with van der Waals surface area (Å²) in [7, 11) is 0. The Labute approximate surface area is 99.1 Å². The summed E-state index contributed by atoms with van der Waals surface area (Å²) in [6.07, 6.45) is 0.986. The summed E-state index contributed by atoms with van der Waals surface area (Å²) in [5, 5.41) is 12.7. The molecule has 0 aliphatic carbocycles. The third-order valence-electron chi connectivity index (χ3n) is 2.62. The average Bonchev–Trinajstić information content (AvgIpc) is 2.87. The Balaban J connectivity index is 1.76. The second-order valence-corrected chi connectivity index (χ2v) is 4.54. The molecule has 2 rings (SSSR count). The van der Waals surface area contributed by atoms with E-state index in [0.717, 1.165) is 36.6 Å². The number of H-pyrrole nitrogens is 1. The van der Waals surface area contributed by atoms with E-state index in [1.807, 2.05) is 12.4 Å². The van der Waals surface area contributed by atoms with E-state index in [1.54, 1.807) is 11.3 Å². The van der Waals surface area contributed by atoms with Crippen molar-refractivity contribution in [3.8, 4) is 0 Å². The van der Waals surface area contributed by atoms with E-state index in [0.29, 0.717) is 0 Å². The highest BCUT2D eigenvalue weighted by Crippen LogP contribution is 2.08. The zero-order valence-corrected chi connectivity index (χ0v) is 10.4. The Morgan fingerprint density at radius 2 is 2.31 bits per heavy atom. The van der Waals surface area contributed by atoms with Crippen LogP contribution >= 0.6 is 11.3 Å². The fraction of sp³-hybridized carbons (Fsp3) is 0.455. The molecule has 0 spiro atoms. The Bertz CT molecular complexity index is 413. The standard InChI is InChI=1S/C11H16N4S/c1-8-11(9(2)15-14-8)5-12-4-3-10-6-16-7-13-10/h6-7,12H,3-5H2,1-2H3,(H,14,15). The highest BCUT2D eigenvalue weighted by Gasteiger charge is 2.04. The Hall–Kier alpha value is -1.20. The van der Waals surface area contributed by atoms with Gasteiger partial charge in [0.2, 0.25) is 0 Å². The van der Waals surface area contributed by atoms with Crippen molar-refractivity contribution >= 4 is 11.3 Å². The van der Waals surface area contributed by atoms with Gasteiger partial charge in [-0.2, -0.15) is 5.10 Å². The first-order valence-electron chi connectivity index (χ1n) is 5.35. The van der Waals surface area contributed by atoms with Gasteiger partial charge in [-0.3, -0.25) is 5.10 Å². The molecule has 0 amide bonds. The molecule has 0 saturated heterocycles. The molecule has 2 aromatic rings. The fourth-order valence-electron chi connectivity index (χ4n) is 1.63. The van der Waals surface area contributed by atoms with Gasteiger partial charge in [0.1, 0.15) is 0 Å². The minimum atomic E-state index is 0.873. The number of hydrogen-bond acceptors (Lipinski definition) is 4. The van der Waals surface area contributed by atoms with Gasteiger partial charge in [0, 0.05) is 36.1 Å². The maximum atomic E-state index is 4.25. The highest BCUT2D eigenvalue weighted by molar-refractivity contribution is 7.07. The second kappa shape index (κ2) is 5.23. The van der Waals surface area contributed by atoms with Crippen LogP contribution in [-0.4, -0.2) is 21.7 Å². The topological polar surface area (TPSA) is 53.6 Å². The molecule has 0 bridgehead atoms. The van der Waals surface area contributed by atoms with Gasteiger partial charge in [0.05, 0.1) is 16.9 Å². The SMILES string of the molecule is Cc1n[nH]c(C)c1CNCCc1cscn1. The number of nitrogens with one attached hydrogen (secondary N) is 2. The Morgan fingerprint density at radius 3 is 2.94 bits per heavy atom. The number of rotatable bonds is 5. The van der Waals surface area contributed by atoms with Crippen molar-refractivity contribution in [3.63, 3.8) is 0 Å². The van der Waals surface area contributed by atoms with Crippen molar-refractivity contribution in [1.29, 1.82) is 0 Å². The van der Waals surface area contributed by atoms with Crippen molar-refractivity contribution in [2.45, 2.75) is 26.8 Å². The summed E-state index contributed by atoms with van der Waals surface area (Å²) in [4.78, 5) is 4.25. The molecule has 2 N–H and O–H groups in total. The van der Waals surface area contributed by atoms with Gasteiger partial charge in [-0.1, -0.05) is 0 Å². The Morgan fingerprint density at radius 1 is 1.44 bits per heavy atom. The van der Waals surface area contributed by atoms with Gasteiger partial charge in [0.15, 0.2) is 0 Å². The number of aromatic amines is 1. The van der Waals surface area contributed by atoms with Crippen molar-refractivity contribution in [2.75, 3.05) is 6.54 Å². The van der Waals surface area contributed by atoms with E-state index in [4.69, 9.17) is 0 Å². The molecule has 16 heavy (non-hydrogen) atoms. The van der Waals surface area contributed by atoms with Crippen LogP contribution in [0.15, 0.2) is 10.9 Å². The van der Waals surface area contributed by atoms with Crippen LogP contribution in [0, 0.1) is 13.8 Å². The number of aryl methyl sites for hydroxylation is 2. The maximum Gasteiger partial charge on any atom is 0.0794 e. The van der Waals surface area contributed by atoms with Crippen LogP contribution in [-0.2, 0) is 13.0 Å². The third-order valence-corrected chi connectivity index (χ3v) is 3.26. The molecule has 0 saturated carbocycles. The van der Waals surface area contributed by atoms with Crippen molar-refractivity contribution in [1.82, 2.24) is 20.5 Å². The molecule has 0 fully saturated rings. The van der Waals surface area contributed by atoms with E-state index in [2.05, 4.69) is 32.8 Å². The smallest absolute Gasteiger partial charge is 0.0794 e. The van der Waals surface area contributed by atoms with Gasteiger partial charge >= 0.3 is 0 Å². The number of hydrogen-bond donors (Lipinski definition) is 2. The first kappa shape index (κ1) is 11.3. The molecule has 5 heteroatoms. The molecular formula is C11H16N4S. The lowest BCUT2D eigenvalue weighted by atomic mass is 10.2. The van der Waals surface area contributed by atoms with Crippen molar-refractivity contribution < 1.29 is 0 Å². The van der Waals surface area contributed by atoms with E-state index in [-0.39, 0.29) is 0 Å². The molecule has 0 unspecified atom stereocenters. The first-order valence-corrected chi connectivity index (χ1v) is 6.30. The summed E-state index contributed by atoms with van der Waals surface area (Å²) < 4.78 is 0. The van der Waals surface area contributed by atoms with Crippen LogP contribution in [0.5, 0.6) is 0 Å². The van der Waals surface area contributed by atoms with Gasteiger partial charge < -0.3 is 5.32 Å². The molecule has 0 radical (unpaired) electrons. The molecule has 4 nitrogen and oxygen atoms in total. The lowest BCUT2D eigenvalue weighted by Gasteiger charge is -2.03. The van der Waals surface area contributed by atoms with Crippen LogP contribution in [0.2, 0.25) is 0 Å². The van der Waals surface area contributed by atoms with Gasteiger partial charge in [0.25, 0.3) is 0 Å². The Kier molecular flexibility index (Phi) is 3.69. The van der Waals surface area contributed by atoms with E-state index < -0.39 is 0 Å².